The molecule has 1 aromatic heterocycles. The molecule has 1 aliphatic rings. The lowest BCUT2D eigenvalue weighted by atomic mass is 10.1. The van der Waals surface area contributed by atoms with Crippen molar-refractivity contribution in [3.05, 3.63) is 30.1 Å². The molecule has 1 N–H and O–H groups in total. The van der Waals surface area contributed by atoms with E-state index < -0.39 is 0 Å². The third kappa shape index (κ3) is 3.27. The van der Waals surface area contributed by atoms with Gasteiger partial charge in [-0.3, -0.25) is 9.78 Å². The van der Waals surface area contributed by atoms with Crippen molar-refractivity contribution in [2.45, 2.75) is 12.5 Å². The Bertz CT molecular complexity index is 381. The van der Waals surface area contributed by atoms with Crippen LogP contribution < -0.4 is 5.32 Å². The number of nitrogens with zero attached hydrogens (tertiary/aromatic N) is 2. The average Bonchev–Trinajstić information content (AvgIpc) is 2.41. The zero-order chi connectivity index (χ0) is 12.8. The molecule has 1 fully saturated rings. The molecule has 1 aromatic rings. The lowest BCUT2D eigenvalue weighted by Crippen LogP contribution is -2.52. The summed E-state index contributed by atoms with van der Waals surface area (Å²) >= 11 is 0. The molecule has 1 amide bonds. The first-order chi connectivity index (χ1) is 8.81. The van der Waals surface area contributed by atoms with Crippen LogP contribution in [0.4, 0.5) is 0 Å². The van der Waals surface area contributed by atoms with E-state index in [0.717, 1.165) is 12.1 Å². The van der Waals surface area contributed by atoms with Crippen LogP contribution in [0, 0.1) is 0 Å². The molecule has 0 spiro atoms. The van der Waals surface area contributed by atoms with Gasteiger partial charge in [-0.25, -0.2) is 0 Å². The second kappa shape index (κ2) is 6.47. The minimum Gasteiger partial charge on any atom is -0.377 e. The van der Waals surface area contributed by atoms with Crippen molar-refractivity contribution in [1.82, 2.24) is 15.2 Å². The highest BCUT2D eigenvalue weighted by Gasteiger charge is 2.26. The summed E-state index contributed by atoms with van der Waals surface area (Å²) in [5.41, 5.74) is 0.956. The third-order valence-electron chi connectivity index (χ3n) is 3.07. The van der Waals surface area contributed by atoms with Crippen molar-refractivity contribution < 1.29 is 9.53 Å². The van der Waals surface area contributed by atoms with Crippen LogP contribution in [0.2, 0.25) is 0 Å². The number of nitrogens with one attached hydrogen (secondary N) is 1. The smallest absolute Gasteiger partial charge is 0.227 e. The van der Waals surface area contributed by atoms with Gasteiger partial charge in [-0.1, -0.05) is 6.07 Å². The van der Waals surface area contributed by atoms with E-state index in [9.17, 15) is 4.79 Å². The molecule has 5 heteroatoms. The fourth-order valence-corrected chi connectivity index (χ4v) is 2.17. The largest absolute Gasteiger partial charge is 0.377 e. The van der Waals surface area contributed by atoms with Gasteiger partial charge in [0, 0.05) is 25.5 Å². The summed E-state index contributed by atoms with van der Waals surface area (Å²) in [4.78, 5) is 18.2. The number of likely N-dealkylation sites (N-methyl/N-ethyl adjacent to an activating group) is 1. The number of aromatic nitrogens is 1. The summed E-state index contributed by atoms with van der Waals surface area (Å²) in [6, 6.07) is 3.92. The normalized spacial score (nSPS) is 19.8. The number of carbonyl (C=O) groups is 1. The van der Waals surface area contributed by atoms with Crippen LogP contribution in [0.15, 0.2) is 24.5 Å². The third-order valence-corrected chi connectivity index (χ3v) is 3.07. The van der Waals surface area contributed by atoms with Crippen molar-refractivity contribution in [3.8, 4) is 0 Å². The Morgan fingerprint density at radius 2 is 2.56 bits per heavy atom. The molecule has 1 unspecified atom stereocenters. The Balaban J connectivity index is 1.98. The van der Waals surface area contributed by atoms with Crippen LogP contribution in [-0.4, -0.2) is 55.2 Å². The number of ether oxygens (including phenoxy) is 1. The van der Waals surface area contributed by atoms with E-state index >= 15 is 0 Å². The Hall–Kier alpha value is -1.46. The van der Waals surface area contributed by atoms with Gasteiger partial charge in [0.15, 0.2) is 0 Å². The molecular weight excluding hydrogens is 230 g/mol. The average molecular weight is 249 g/mol. The van der Waals surface area contributed by atoms with Crippen LogP contribution in [0.5, 0.6) is 0 Å². The van der Waals surface area contributed by atoms with Gasteiger partial charge in [-0.05, 0) is 18.7 Å². The molecule has 0 bridgehead atoms. The molecule has 0 saturated carbocycles. The monoisotopic (exact) mass is 249 g/mol. The van der Waals surface area contributed by atoms with Crippen LogP contribution in [0.3, 0.4) is 0 Å². The number of rotatable bonds is 4. The molecule has 1 aliphatic heterocycles. The predicted octanol–water partition coefficient (Wildman–Crippen LogP) is 0.0709. The van der Waals surface area contributed by atoms with Crippen LogP contribution in [0.1, 0.15) is 5.56 Å². The summed E-state index contributed by atoms with van der Waals surface area (Å²) in [6.07, 6.45) is 3.87. The number of pyridine rings is 1. The molecule has 1 saturated heterocycles. The summed E-state index contributed by atoms with van der Waals surface area (Å²) in [6.45, 7) is 2.67. The maximum atomic E-state index is 12.3. The topological polar surface area (TPSA) is 54.5 Å². The molecule has 2 rings (SSSR count). The molecule has 0 aromatic carbocycles. The second-order valence-electron chi connectivity index (χ2n) is 4.41. The van der Waals surface area contributed by atoms with E-state index in [1.54, 1.807) is 12.4 Å². The minimum atomic E-state index is 0.132. The molecular formula is C13H19N3O2. The minimum absolute atomic E-state index is 0.132. The van der Waals surface area contributed by atoms with Crippen LogP contribution in [0.25, 0.3) is 0 Å². The van der Waals surface area contributed by atoms with Gasteiger partial charge in [-0.2, -0.15) is 0 Å². The first kappa shape index (κ1) is 13.0. The van der Waals surface area contributed by atoms with Gasteiger partial charge in [0.2, 0.25) is 5.91 Å². The number of carbonyl (C=O) groups excluding carboxylic acids is 1. The van der Waals surface area contributed by atoms with Gasteiger partial charge < -0.3 is 15.0 Å². The van der Waals surface area contributed by atoms with Gasteiger partial charge >= 0.3 is 0 Å². The molecule has 0 aliphatic carbocycles. The van der Waals surface area contributed by atoms with Crippen molar-refractivity contribution >= 4 is 5.91 Å². The zero-order valence-corrected chi connectivity index (χ0v) is 10.6. The summed E-state index contributed by atoms with van der Waals surface area (Å²) in [7, 11) is 1.89. The lowest BCUT2D eigenvalue weighted by molar-refractivity contribution is -0.138. The standard InChI is InChI=1S/C13H19N3O2/c1-14-9-12-10-18-6-5-16(12)13(17)7-11-3-2-4-15-8-11/h2-4,8,12,14H,5-7,9-10H2,1H3. The summed E-state index contributed by atoms with van der Waals surface area (Å²) < 4.78 is 5.42. The molecule has 98 valence electrons. The fourth-order valence-electron chi connectivity index (χ4n) is 2.17. The van der Waals surface area contributed by atoms with E-state index in [4.69, 9.17) is 4.74 Å². The van der Waals surface area contributed by atoms with Gasteiger partial charge in [0.05, 0.1) is 25.7 Å². The maximum Gasteiger partial charge on any atom is 0.227 e. The van der Waals surface area contributed by atoms with Crippen molar-refractivity contribution in [3.63, 3.8) is 0 Å². The number of hydrogen-bond donors (Lipinski definition) is 1. The highest BCUT2D eigenvalue weighted by Crippen LogP contribution is 2.09. The molecule has 1 atom stereocenters. The first-order valence-corrected chi connectivity index (χ1v) is 6.22. The van der Waals surface area contributed by atoms with Gasteiger partial charge in [0.25, 0.3) is 0 Å². The van der Waals surface area contributed by atoms with E-state index in [-0.39, 0.29) is 11.9 Å². The lowest BCUT2D eigenvalue weighted by Gasteiger charge is -2.35. The molecule has 5 nitrogen and oxygen atoms in total. The Labute approximate surface area is 107 Å². The molecule has 2 heterocycles. The zero-order valence-electron chi connectivity index (χ0n) is 10.6. The number of amides is 1. The summed E-state index contributed by atoms with van der Waals surface area (Å²) in [5, 5.41) is 3.10. The predicted molar refractivity (Wildman–Crippen MR) is 68.2 cm³/mol. The van der Waals surface area contributed by atoms with Crippen LogP contribution >= 0.6 is 0 Å². The molecule has 18 heavy (non-hydrogen) atoms. The number of morpholine rings is 1. The van der Waals surface area contributed by atoms with Gasteiger partial charge in [0.1, 0.15) is 0 Å². The van der Waals surface area contributed by atoms with Crippen molar-refractivity contribution in [2.75, 3.05) is 33.4 Å². The van der Waals surface area contributed by atoms with Crippen molar-refractivity contribution in [2.24, 2.45) is 0 Å². The quantitative estimate of drug-likeness (QED) is 0.820. The Morgan fingerprint density at radius 3 is 3.28 bits per heavy atom. The SMILES string of the molecule is CNCC1COCCN1C(=O)Cc1cccnc1. The Kier molecular flexibility index (Phi) is 4.66. The maximum absolute atomic E-state index is 12.3. The van der Waals surface area contributed by atoms with Crippen LogP contribution in [-0.2, 0) is 16.0 Å². The molecule has 0 radical (unpaired) electrons. The van der Waals surface area contributed by atoms with E-state index in [2.05, 4.69) is 10.3 Å². The Morgan fingerprint density at radius 1 is 1.67 bits per heavy atom. The summed E-state index contributed by atoms with van der Waals surface area (Å²) in [5.74, 6) is 0.145. The highest BCUT2D eigenvalue weighted by atomic mass is 16.5. The van der Waals surface area contributed by atoms with E-state index in [0.29, 0.717) is 26.2 Å². The van der Waals surface area contributed by atoms with E-state index in [1.165, 1.54) is 0 Å². The number of hydrogen-bond acceptors (Lipinski definition) is 4. The van der Waals surface area contributed by atoms with Crippen molar-refractivity contribution in [1.29, 1.82) is 0 Å². The highest BCUT2D eigenvalue weighted by molar-refractivity contribution is 5.79. The fraction of sp³-hybridized carbons (Fsp3) is 0.538. The van der Waals surface area contributed by atoms with E-state index in [1.807, 2.05) is 24.1 Å². The first-order valence-electron chi connectivity index (χ1n) is 6.22. The second-order valence-corrected chi connectivity index (χ2v) is 4.41. The van der Waals surface area contributed by atoms with Gasteiger partial charge in [-0.15, -0.1) is 0 Å².